The number of halogens is 1. The third-order valence-corrected chi connectivity index (χ3v) is 3.09. The predicted molar refractivity (Wildman–Crippen MR) is 78.9 cm³/mol. The van der Waals surface area contributed by atoms with Crippen LogP contribution < -0.4 is 9.47 Å². The number of hydrogen-bond acceptors (Lipinski definition) is 5. The standard InChI is InChI=1S/C14H19BrO5/c1-17-6-7-19-4-3-5-20-14-12(15)8-11(10-16)9-13(14)18-2/h8-10H,3-7H2,1-2H3. The Hall–Kier alpha value is -1.11. The summed E-state index contributed by atoms with van der Waals surface area (Å²) in [5, 5.41) is 0. The highest BCUT2D eigenvalue weighted by atomic mass is 79.9. The van der Waals surface area contributed by atoms with Gasteiger partial charge >= 0.3 is 0 Å². The van der Waals surface area contributed by atoms with Crippen LogP contribution in [0.15, 0.2) is 16.6 Å². The van der Waals surface area contributed by atoms with Crippen molar-refractivity contribution in [2.45, 2.75) is 6.42 Å². The first-order valence-corrected chi connectivity index (χ1v) is 7.04. The van der Waals surface area contributed by atoms with Crippen LogP contribution in [-0.4, -0.2) is 46.9 Å². The lowest BCUT2D eigenvalue weighted by molar-refractivity contribution is 0.0642. The summed E-state index contributed by atoms with van der Waals surface area (Å²) in [6.45, 7) is 2.28. The zero-order chi connectivity index (χ0) is 14.8. The highest BCUT2D eigenvalue weighted by Crippen LogP contribution is 2.36. The Balaban J connectivity index is 2.45. The fourth-order valence-corrected chi connectivity index (χ4v) is 2.10. The van der Waals surface area contributed by atoms with Crippen molar-refractivity contribution in [3.63, 3.8) is 0 Å². The highest BCUT2D eigenvalue weighted by Gasteiger charge is 2.11. The van der Waals surface area contributed by atoms with Crippen LogP contribution in [-0.2, 0) is 9.47 Å². The van der Waals surface area contributed by atoms with Crippen LogP contribution in [0.2, 0.25) is 0 Å². The zero-order valence-electron chi connectivity index (χ0n) is 11.7. The largest absolute Gasteiger partial charge is 0.493 e. The summed E-state index contributed by atoms with van der Waals surface area (Å²) in [6, 6.07) is 3.34. The minimum Gasteiger partial charge on any atom is -0.493 e. The Bertz CT molecular complexity index is 422. The molecular formula is C14H19BrO5. The summed E-state index contributed by atoms with van der Waals surface area (Å²) >= 11 is 3.37. The molecule has 20 heavy (non-hydrogen) atoms. The molecule has 0 heterocycles. The number of aldehydes is 1. The summed E-state index contributed by atoms with van der Waals surface area (Å²) in [7, 11) is 3.18. The van der Waals surface area contributed by atoms with E-state index in [1.54, 1.807) is 19.2 Å². The summed E-state index contributed by atoms with van der Waals surface area (Å²) < 4.78 is 21.8. The molecule has 0 aromatic heterocycles. The normalized spacial score (nSPS) is 10.3. The molecule has 5 nitrogen and oxygen atoms in total. The first kappa shape index (κ1) is 16.9. The van der Waals surface area contributed by atoms with Gasteiger partial charge in [0.15, 0.2) is 11.5 Å². The predicted octanol–water partition coefficient (Wildman–Crippen LogP) is 2.70. The third-order valence-electron chi connectivity index (χ3n) is 2.50. The molecule has 0 fully saturated rings. The number of carbonyl (C=O) groups excluding carboxylic acids is 1. The van der Waals surface area contributed by atoms with Crippen molar-refractivity contribution in [1.29, 1.82) is 0 Å². The average Bonchev–Trinajstić information content (AvgIpc) is 2.47. The second kappa shape index (κ2) is 9.74. The van der Waals surface area contributed by atoms with Gasteiger partial charge in [-0.15, -0.1) is 0 Å². The lowest BCUT2D eigenvalue weighted by Crippen LogP contribution is -2.07. The van der Waals surface area contributed by atoms with Gasteiger partial charge in [-0.05, 0) is 28.1 Å². The minimum absolute atomic E-state index is 0.502. The van der Waals surface area contributed by atoms with Crippen molar-refractivity contribution in [3.8, 4) is 11.5 Å². The van der Waals surface area contributed by atoms with E-state index in [9.17, 15) is 4.79 Å². The summed E-state index contributed by atoms with van der Waals surface area (Å²) in [6.07, 6.45) is 1.52. The first-order chi connectivity index (χ1) is 9.72. The second-order valence-corrected chi connectivity index (χ2v) is 4.81. The maximum atomic E-state index is 10.8. The van der Waals surface area contributed by atoms with E-state index in [0.29, 0.717) is 48.0 Å². The van der Waals surface area contributed by atoms with E-state index in [-0.39, 0.29) is 0 Å². The third kappa shape index (κ3) is 5.48. The molecule has 0 aliphatic heterocycles. The molecule has 0 atom stereocenters. The van der Waals surface area contributed by atoms with Crippen LogP contribution in [0.4, 0.5) is 0 Å². The monoisotopic (exact) mass is 346 g/mol. The SMILES string of the molecule is COCCOCCCOc1c(Br)cc(C=O)cc1OC. The van der Waals surface area contributed by atoms with Gasteiger partial charge in [-0.2, -0.15) is 0 Å². The van der Waals surface area contributed by atoms with E-state index in [4.69, 9.17) is 18.9 Å². The van der Waals surface area contributed by atoms with Gasteiger partial charge in [0, 0.05) is 25.7 Å². The lowest BCUT2D eigenvalue weighted by Gasteiger charge is -2.13. The van der Waals surface area contributed by atoms with Gasteiger partial charge < -0.3 is 18.9 Å². The van der Waals surface area contributed by atoms with Crippen LogP contribution in [0.3, 0.4) is 0 Å². The summed E-state index contributed by atoms with van der Waals surface area (Å²) in [5.41, 5.74) is 0.531. The van der Waals surface area contributed by atoms with Crippen LogP contribution in [0.25, 0.3) is 0 Å². The zero-order valence-corrected chi connectivity index (χ0v) is 13.3. The fourth-order valence-electron chi connectivity index (χ4n) is 1.53. The van der Waals surface area contributed by atoms with E-state index in [1.807, 2.05) is 0 Å². The maximum absolute atomic E-state index is 10.8. The topological polar surface area (TPSA) is 54.0 Å². The van der Waals surface area contributed by atoms with Crippen LogP contribution >= 0.6 is 15.9 Å². The van der Waals surface area contributed by atoms with Gasteiger partial charge in [-0.1, -0.05) is 0 Å². The van der Waals surface area contributed by atoms with Gasteiger partial charge in [-0.3, -0.25) is 4.79 Å². The molecule has 6 heteroatoms. The van der Waals surface area contributed by atoms with Crippen molar-refractivity contribution in [3.05, 3.63) is 22.2 Å². The van der Waals surface area contributed by atoms with E-state index in [1.165, 1.54) is 7.11 Å². The second-order valence-electron chi connectivity index (χ2n) is 3.96. The van der Waals surface area contributed by atoms with E-state index in [2.05, 4.69) is 15.9 Å². The number of rotatable bonds is 10. The Kier molecular flexibility index (Phi) is 8.25. The number of methoxy groups -OCH3 is 2. The van der Waals surface area contributed by atoms with Crippen molar-refractivity contribution in [2.75, 3.05) is 40.6 Å². The summed E-state index contributed by atoms with van der Waals surface area (Å²) in [5.74, 6) is 1.12. The lowest BCUT2D eigenvalue weighted by atomic mass is 10.2. The number of ether oxygens (including phenoxy) is 4. The number of benzene rings is 1. The number of carbonyl (C=O) groups is 1. The molecule has 0 radical (unpaired) electrons. The Morgan fingerprint density at radius 2 is 1.95 bits per heavy atom. The molecule has 0 aliphatic rings. The van der Waals surface area contributed by atoms with Crippen LogP contribution in [0.5, 0.6) is 11.5 Å². The maximum Gasteiger partial charge on any atom is 0.175 e. The van der Waals surface area contributed by atoms with Crippen molar-refractivity contribution >= 4 is 22.2 Å². The van der Waals surface area contributed by atoms with E-state index < -0.39 is 0 Å². The summed E-state index contributed by atoms with van der Waals surface area (Å²) in [4.78, 5) is 10.8. The van der Waals surface area contributed by atoms with Gasteiger partial charge in [0.1, 0.15) is 6.29 Å². The fraction of sp³-hybridized carbons (Fsp3) is 0.500. The molecule has 0 spiro atoms. The molecule has 112 valence electrons. The van der Waals surface area contributed by atoms with E-state index in [0.717, 1.165) is 12.7 Å². The van der Waals surface area contributed by atoms with Crippen LogP contribution in [0, 0.1) is 0 Å². The smallest absolute Gasteiger partial charge is 0.175 e. The molecule has 0 saturated carbocycles. The quantitative estimate of drug-likeness (QED) is 0.481. The van der Waals surface area contributed by atoms with Crippen LogP contribution in [0.1, 0.15) is 16.8 Å². The van der Waals surface area contributed by atoms with Crippen molar-refractivity contribution < 1.29 is 23.7 Å². The van der Waals surface area contributed by atoms with Gasteiger partial charge in [0.05, 0.1) is 31.4 Å². The van der Waals surface area contributed by atoms with Crippen molar-refractivity contribution in [2.24, 2.45) is 0 Å². The minimum atomic E-state index is 0.502. The molecular weight excluding hydrogens is 328 g/mol. The van der Waals surface area contributed by atoms with Gasteiger partial charge in [0.25, 0.3) is 0 Å². The molecule has 1 rings (SSSR count). The average molecular weight is 347 g/mol. The van der Waals surface area contributed by atoms with Gasteiger partial charge in [-0.25, -0.2) is 0 Å². The van der Waals surface area contributed by atoms with Gasteiger partial charge in [0.2, 0.25) is 0 Å². The Labute approximate surface area is 127 Å². The molecule has 0 saturated heterocycles. The molecule has 1 aromatic rings. The molecule has 0 bridgehead atoms. The molecule has 0 aliphatic carbocycles. The molecule has 0 N–H and O–H groups in total. The number of hydrogen-bond donors (Lipinski definition) is 0. The van der Waals surface area contributed by atoms with E-state index >= 15 is 0 Å². The Morgan fingerprint density at radius 3 is 2.60 bits per heavy atom. The highest BCUT2D eigenvalue weighted by molar-refractivity contribution is 9.10. The Morgan fingerprint density at radius 1 is 1.15 bits per heavy atom. The molecule has 0 amide bonds. The molecule has 0 unspecified atom stereocenters. The first-order valence-electron chi connectivity index (χ1n) is 6.25. The van der Waals surface area contributed by atoms with Crippen molar-refractivity contribution in [1.82, 2.24) is 0 Å². The molecule has 1 aromatic carbocycles.